The summed E-state index contributed by atoms with van der Waals surface area (Å²) in [5.74, 6) is -1.63. The van der Waals surface area contributed by atoms with Crippen LogP contribution in [-0.2, 0) is 6.54 Å². The van der Waals surface area contributed by atoms with E-state index >= 15 is 0 Å². The number of aliphatic hydroxyl groups is 1. The quantitative estimate of drug-likeness (QED) is 0.932. The number of hydrogen-bond donors (Lipinski definition) is 1. The van der Waals surface area contributed by atoms with Crippen molar-refractivity contribution in [2.24, 2.45) is 5.92 Å². The summed E-state index contributed by atoms with van der Waals surface area (Å²) in [4.78, 5) is 2.26. The van der Waals surface area contributed by atoms with Crippen molar-refractivity contribution < 1.29 is 13.9 Å². The monoisotopic (exact) mass is 317 g/mol. The van der Waals surface area contributed by atoms with Crippen molar-refractivity contribution in [3.8, 4) is 0 Å². The molecule has 3 rings (SSSR count). The van der Waals surface area contributed by atoms with Crippen LogP contribution in [0.2, 0.25) is 0 Å². The van der Waals surface area contributed by atoms with E-state index in [0.29, 0.717) is 0 Å². The van der Waals surface area contributed by atoms with Gasteiger partial charge in [0.1, 0.15) is 0 Å². The molecule has 2 aromatic carbocycles. The molecule has 1 saturated heterocycles. The zero-order chi connectivity index (χ0) is 16.4. The molecule has 2 nitrogen and oxygen atoms in total. The average Bonchev–Trinajstić information content (AvgIpc) is 2.95. The van der Waals surface area contributed by atoms with Crippen LogP contribution < -0.4 is 0 Å². The van der Waals surface area contributed by atoms with Crippen molar-refractivity contribution in [2.75, 3.05) is 13.1 Å². The predicted octanol–water partition coefficient (Wildman–Crippen LogP) is 3.56. The van der Waals surface area contributed by atoms with Crippen molar-refractivity contribution >= 4 is 0 Å². The van der Waals surface area contributed by atoms with E-state index in [2.05, 4.69) is 17.0 Å². The molecule has 1 aliphatic rings. The van der Waals surface area contributed by atoms with Gasteiger partial charge in [-0.2, -0.15) is 0 Å². The highest BCUT2D eigenvalue weighted by molar-refractivity contribution is 5.25. The second-order valence-electron chi connectivity index (χ2n) is 6.36. The van der Waals surface area contributed by atoms with Gasteiger partial charge in [0, 0.05) is 31.5 Å². The molecule has 1 heterocycles. The first kappa shape index (κ1) is 16.1. The van der Waals surface area contributed by atoms with E-state index in [9.17, 15) is 13.9 Å². The Morgan fingerprint density at radius 3 is 2.48 bits per heavy atom. The second kappa shape index (κ2) is 6.77. The fourth-order valence-electron chi connectivity index (χ4n) is 3.47. The zero-order valence-corrected chi connectivity index (χ0v) is 13.1. The van der Waals surface area contributed by atoms with E-state index in [1.165, 1.54) is 17.7 Å². The molecule has 1 fully saturated rings. The van der Waals surface area contributed by atoms with Gasteiger partial charge in [-0.15, -0.1) is 0 Å². The second-order valence-corrected chi connectivity index (χ2v) is 6.36. The number of halogens is 2. The molecular formula is C19H21F2NO. The molecule has 0 bridgehead atoms. The van der Waals surface area contributed by atoms with E-state index in [-0.39, 0.29) is 11.8 Å². The number of hydrogen-bond acceptors (Lipinski definition) is 2. The average molecular weight is 317 g/mol. The number of rotatable bonds is 4. The van der Waals surface area contributed by atoms with Gasteiger partial charge in [-0.05, 0) is 30.2 Å². The lowest BCUT2D eigenvalue weighted by Gasteiger charge is -2.21. The molecule has 0 saturated carbocycles. The molecule has 0 radical (unpaired) electrons. The number of benzene rings is 2. The molecule has 23 heavy (non-hydrogen) atoms. The van der Waals surface area contributed by atoms with Crippen LogP contribution in [0.5, 0.6) is 0 Å². The maximum atomic E-state index is 13.6. The molecule has 2 aromatic rings. The molecule has 1 N–H and O–H groups in total. The summed E-state index contributed by atoms with van der Waals surface area (Å²) >= 11 is 0. The van der Waals surface area contributed by atoms with Crippen LogP contribution >= 0.6 is 0 Å². The lowest BCUT2D eigenvalue weighted by molar-refractivity contribution is 0.120. The summed E-state index contributed by atoms with van der Waals surface area (Å²) in [6, 6.07) is 14.2. The van der Waals surface area contributed by atoms with E-state index in [0.717, 1.165) is 25.2 Å². The normalized spacial score (nSPS) is 23.1. The van der Waals surface area contributed by atoms with E-state index in [1.54, 1.807) is 13.0 Å². The Morgan fingerprint density at radius 2 is 1.83 bits per heavy atom. The van der Waals surface area contributed by atoms with E-state index < -0.39 is 17.7 Å². The minimum absolute atomic E-state index is 0.00816. The first-order valence-electron chi connectivity index (χ1n) is 7.94. The first-order valence-corrected chi connectivity index (χ1v) is 7.94. The summed E-state index contributed by atoms with van der Waals surface area (Å²) in [6.07, 6.45) is -0.492. The van der Waals surface area contributed by atoms with Crippen LogP contribution in [0, 0.1) is 17.6 Å². The van der Waals surface area contributed by atoms with Crippen molar-refractivity contribution in [1.29, 1.82) is 0 Å². The topological polar surface area (TPSA) is 23.5 Å². The van der Waals surface area contributed by atoms with Gasteiger partial charge in [0.2, 0.25) is 0 Å². The summed E-state index contributed by atoms with van der Waals surface area (Å²) in [5, 5.41) is 10.1. The van der Waals surface area contributed by atoms with Crippen LogP contribution in [0.4, 0.5) is 8.78 Å². The molecule has 1 aliphatic heterocycles. The van der Waals surface area contributed by atoms with Gasteiger partial charge in [0.15, 0.2) is 11.6 Å². The lowest BCUT2D eigenvalue weighted by atomic mass is 9.86. The molecule has 0 aromatic heterocycles. The highest BCUT2D eigenvalue weighted by atomic mass is 19.2. The van der Waals surface area contributed by atoms with Crippen LogP contribution in [0.3, 0.4) is 0 Å². The molecule has 122 valence electrons. The Morgan fingerprint density at radius 1 is 1.09 bits per heavy atom. The van der Waals surface area contributed by atoms with Gasteiger partial charge in [0.25, 0.3) is 0 Å². The smallest absolute Gasteiger partial charge is 0.159 e. The van der Waals surface area contributed by atoms with Gasteiger partial charge in [-0.1, -0.05) is 36.4 Å². The van der Waals surface area contributed by atoms with Crippen LogP contribution in [0.15, 0.2) is 48.5 Å². The minimum Gasteiger partial charge on any atom is -0.393 e. The Balaban J connectivity index is 1.79. The lowest BCUT2D eigenvalue weighted by Crippen LogP contribution is -2.25. The van der Waals surface area contributed by atoms with Gasteiger partial charge in [0.05, 0.1) is 6.10 Å². The standard InChI is InChI=1S/C19H21F2NO/c1-13(23)16-11-22(10-14-5-3-2-4-6-14)12-17(16)15-7-8-18(20)19(21)9-15/h2-9,13,16-17,23H,10-12H2,1H3/t13-,16+,17+/m0/s1. The van der Waals surface area contributed by atoms with Gasteiger partial charge in [-0.25, -0.2) is 8.78 Å². The SMILES string of the molecule is C[C@H](O)[C@H]1CN(Cc2ccccc2)C[C@@H]1c1ccc(F)c(F)c1. The Hall–Kier alpha value is -1.78. The highest BCUT2D eigenvalue weighted by Gasteiger charge is 2.36. The van der Waals surface area contributed by atoms with Crippen molar-refractivity contribution in [1.82, 2.24) is 4.90 Å². The minimum atomic E-state index is -0.832. The fraction of sp³-hybridized carbons (Fsp3) is 0.368. The number of aliphatic hydroxyl groups excluding tert-OH is 1. The Bertz CT molecular complexity index is 660. The summed E-state index contributed by atoms with van der Waals surface area (Å²) < 4.78 is 26.7. The van der Waals surface area contributed by atoms with Crippen LogP contribution in [0.1, 0.15) is 24.0 Å². The maximum Gasteiger partial charge on any atom is 0.159 e. The molecule has 3 atom stereocenters. The van der Waals surface area contributed by atoms with Crippen LogP contribution in [0.25, 0.3) is 0 Å². The molecule has 0 unspecified atom stereocenters. The van der Waals surface area contributed by atoms with Crippen molar-refractivity contribution in [3.05, 3.63) is 71.3 Å². The van der Waals surface area contributed by atoms with E-state index in [1.807, 2.05) is 18.2 Å². The number of likely N-dealkylation sites (tertiary alicyclic amines) is 1. The van der Waals surface area contributed by atoms with Crippen molar-refractivity contribution in [2.45, 2.75) is 25.5 Å². The first-order chi connectivity index (χ1) is 11.0. The maximum absolute atomic E-state index is 13.6. The fourth-order valence-corrected chi connectivity index (χ4v) is 3.47. The summed E-state index contributed by atoms with van der Waals surface area (Å²) in [7, 11) is 0. The van der Waals surface area contributed by atoms with Crippen LogP contribution in [-0.4, -0.2) is 29.2 Å². The molecule has 0 amide bonds. The highest BCUT2D eigenvalue weighted by Crippen LogP contribution is 2.36. The third-order valence-electron chi connectivity index (χ3n) is 4.68. The Labute approximate surface area is 135 Å². The van der Waals surface area contributed by atoms with Crippen molar-refractivity contribution in [3.63, 3.8) is 0 Å². The van der Waals surface area contributed by atoms with Gasteiger partial charge in [-0.3, -0.25) is 4.90 Å². The Kier molecular flexibility index (Phi) is 4.74. The largest absolute Gasteiger partial charge is 0.393 e. The van der Waals surface area contributed by atoms with Gasteiger partial charge >= 0.3 is 0 Å². The third kappa shape index (κ3) is 3.59. The molecule has 4 heteroatoms. The van der Waals surface area contributed by atoms with E-state index in [4.69, 9.17) is 0 Å². The zero-order valence-electron chi connectivity index (χ0n) is 13.1. The summed E-state index contributed by atoms with van der Waals surface area (Å²) in [6.45, 7) is 4.04. The molecular weight excluding hydrogens is 296 g/mol. The molecule has 0 aliphatic carbocycles. The number of nitrogens with zero attached hydrogens (tertiary/aromatic N) is 1. The predicted molar refractivity (Wildman–Crippen MR) is 86.0 cm³/mol. The van der Waals surface area contributed by atoms with Gasteiger partial charge < -0.3 is 5.11 Å². The third-order valence-corrected chi connectivity index (χ3v) is 4.68. The molecule has 0 spiro atoms. The summed E-state index contributed by atoms with van der Waals surface area (Å²) in [5.41, 5.74) is 1.97.